The third kappa shape index (κ3) is 4.06. The first-order valence-corrected chi connectivity index (χ1v) is 8.93. The first-order valence-electron chi connectivity index (χ1n) is 6.23. The first-order chi connectivity index (χ1) is 9.77. The Morgan fingerprint density at radius 2 is 1.76 bits per heavy atom. The fraction of sp³-hybridized carbons (Fsp3) is 0.200. The molecular weight excluding hydrogens is 311 g/mol. The minimum absolute atomic E-state index is 0.252. The largest absolute Gasteiger partial charge is 0.389 e. The van der Waals surface area contributed by atoms with Gasteiger partial charge in [-0.05, 0) is 55.0 Å². The molecule has 0 aliphatic rings. The smallest absolute Gasteiger partial charge is 0.175 e. The van der Waals surface area contributed by atoms with Gasteiger partial charge >= 0.3 is 0 Å². The summed E-state index contributed by atoms with van der Waals surface area (Å²) in [6.45, 7) is 1.57. The monoisotopic (exact) mass is 326 g/mol. The lowest BCUT2D eigenvalue weighted by atomic mass is 10.1. The van der Waals surface area contributed by atoms with E-state index in [0.717, 1.165) is 16.0 Å². The summed E-state index contributed by atoms with van der Waals surface area (Å²) in [7, 11) is -3.22. The van der Waals surface area contributed by atoms with Gasteiger partial charge in [-0.25, -0.2) is 12.8 Å². The topological polar surface area (TPSA) is 54.4 Å². The van der Waals surface area contributed by atoms with E-state index >= 15 is 0 Å². The SMILES string of the molecule is C[C@H](O)c1cc(F)ccc1Sc1ccc(S(C)(=O)=O)cc1. The molecule has 0 saturated heterocycles. The van der Waals surface area contributed by atoms with Crippen molar-refractivity contribution in [3.8, 4) is 0 Å². The van der Waals surface area contributed by atoms with Gasteiger partial charge < -0.3 is 5.11 Å². The third-order valence-corrected chi connectivity index (χ3v) is 5.13. The van der Waals surface area contributed by atoms with Crippen LogP contribution in [-0.2, 0) is 9.84 Å². The van der Waals surface area contributed by atoms with Crippen LogP contribution >= 0.6 is 11.8 Å². The average Bonchev–Trinajstić information content (AvgIpc) is 2.40. The number of benzene rings is 2. The van der Waals surface area contributed by atoms with Crippen molar-refractivity contribution in [2.45, 2.75) is 27.7 Å². The molecule has 2 aromatic rings. The van der Waals surface area contributed by atoms with Crippen molar-refractivity contribution in [3.63, 3.8) is 0 Å². The minimum Gasteiger partial charge on any atom is -0.389 e. The molecule has 112 valence electrons. The Morgan fingerprint density at radius 3 is 2.29 bits per heavy atom. The highest BCUT2D eigenvalue weighted by Gasteiger charge is 2.12. The average molecular weight is 326 g/mol. The van der Waals surface area contributed by atoms with E-state index in [9.17, 15) is 17.9 Å². The highest BCUT2D eigenvalue weighted by Crippen LogP contribution is 2.34. The van der Waals surface area contributed by atoms with E-state index in [1.165, 1.54) is 36.0 Å². The van der Waals surface area contributed by atoms with Gasteiger partial charge in [0.2, 0.25) is 0 Å². The van der Waals surface area contributed by atoms with Gasteiger partial charge in [-0.15, -0.1) is 0 Å². The molecule has 0 saturated carbocycles. The second-order valence-corrected chi connectivity index (χ2v) is 7.83. The summed E-state index contributed by atoms with van der Waals surface area (Å²) >= 11 is 1.35. The van der Waals surface area contributed by atoms with Gasteiger partial charge in [-0.3, -0.25) is 0 Å². The fourth-order valence-corrected chi connectivity index (χ4v) is 3.46. The van der Waals surface area contributed by atoms with Gasteiger partial charge in [0.15, 0.2) is 9.84 Å². The summed E-state index contributed by atoms with van der Waals surface area (Å²) in [5.74, 6) is -0.400. The van der Waals surface area contributed by atoms with E-state index in [-0.39, 0.29) is 4.90 Å². The second kappa shape index (κ2) is 6.17. The summed E-state index contributed by atoms with van der Waals surface area (Å²) in [6, 6.07) is 10.7. The van der Waals surface area contributed by atoms with Crippen molar-refractivity contribution in [2.75, 3.05) is 6.26 Å². The van der Waals surface area contributed by atoms with Crippen LogP contribution in [0.3, 0.4) is 0 Å². The Morgan fingerprint density at radius 1 is 1.14 bits per heavy atom. The Kier molecular flexibility index (Phi) is 4.70. The molecule has 6 heteroatoms. The molecule has 2 rings (SSSR count). The predicted octanol–water partition coefficient (Wildman–Crippen LogP) is 3.43. The highest BCUT2D eigenvalue weighted by atomic mass is 32.2. The van der Waals surface area contributed by atoms with Gasteiger partial charge in [-0.2, -0.15) is 0 Å². The molecule has 0 aromatic heterocycles. The lowest BCUT2D eigenvalue weighted by Gasteiger charge is -2.12. The van der Waals surface area contributed by atoms with E-state index in [1.807, 2.05) is 0 Å². The molecule has 0 radical (unpaired) electrons. The van der Waals surface area contributed by atoms with Gasteiger partial charge in [-0.1, -0.05) is 11.8 Å². The lowest BCUT2D eigenvalue weighted by molar-refractivity contribution is 0.196. The molecule has 0 fully saturated rings. The maximum Gasteiger partial charge on any atom is 0.175 e. The highest BCUT2D eigenvalue weighted by molar-refractivity contribution is 7.99. The molecule has 0 aliphatic carbocycles. The molecule has 0 bridgehead atoms. The number of halogens is 1. The van der Waals surface area contributed by atoms with Crippen LogP contribution in [0.1, 0.15) is 18.6 Å². The Labute approximate surface area is 127 Å². The van der Waals surface area contributed by atoms with Crippen molar-refractivity contribution in [2.24, 2.45) is 0 Å². The molecule has 0 aliphatic heterocycles. The molecule has 0 amide bonds. The summed E-state index contributed by atoms with van der Waals surface area (Å²) in [6.07, 6.45) is 0.374. The van der Waals surface area contributed by atoms with E-state index in [1.54, 1.807) is 25.1 Å². The quantitative estimate of drug-likeness (QED) is 0.935. The van der Waals surface area contributed by atoms with Crippen LogP contribution in [0.15, 0.2) is 57.2 Å². The molecule has 0 heterocycles. The van der Waals surface area contributed by atoms with Crippen LogP contribution in [0.25, 0.3) is 0 Å². The zero-order valence-corrected chi connectivity index (χ0v) is 13.2. The van der Waals surface area contributed by atoms with Gasteiger partial charge in [0.1, 0.15) is 5.82 Å². The number of aliphatic hydroxyl groups is 1. The molecular formula is C15H15FO3S2. The van der Waals surface area contributed by atoms with Crippen molar-refractivity contribution in [1.82, 2.24) is 0 Å². The van der Waals surface area contributed by atoms with Crippen LogP contribution in [0.2, 0.25) is 0 Å². The number of hydrogen-bond donors (Lipinski definition) is 1. The van der Waals surface area contributed by atoms with Crippen molar-refractivity contribution < 1.29 is 17.9 Å². The zero-order chi connectivity index (χ0) is 15.6. The van der Waals surface area contributed by atoms with Crippen molar-refractivity contribution >= 4 is 21.6 Å². The summed E-state index contributed by atoms with van der Waals surface area (Å²) in [5, 5.41) is 9.70. The molecule has 1 atom stereocenters. The van der Waals surface area contributed by atoms with Crippen LogP contribution < -0.4 is 0 Å². The summed E-state index contributed by atoms with van der Waals surface area (Å²) in [4.78, 5) is 1.80. The van der Waals surface area contributed by atoms with E-state index in [2.05, 4.69) is 0 Å². The zero-order valence-electron chi connectivity index (χ0n) is 11.6. The Bertz CT molecular complexity index is 738. The third-order valence-electron chi connectivity index (χ3n) is 2.90. The number of sulfone groups is 1. The number of hydrogen-bond acceptors (Lipinski definition) is 4. The van der Waals surface area contributed by atoms with Crippen LogP contribution in [0.4, 0.5) is 4.39 Å². The molecule has 1 N–H and O–H groups in total. The van der Waals surface area contributed by atoms with E-state index in [0.29, 0.717) is 5.56 Å². The van der Waals surface area contributed by atoms with Crippen LogP contribution in [0, 0.1) is 5.82 Å². The first kappa shape index (κ1) is 16.0. The van der Waals surface area contributed by atoms with E-state index < -0.39 is 21.8 Å². The fourth-order valence-electron chi connectivity index (χ4n) is 1.82. The lowest BCUT2D eigenvalue weighted by Crippen LogP contribution is -1.97. The van der Waals surface area contributed by atoms with Gasteiger partial charge in [0, 0.05) is 16.0 Å². The predicted molar refractivity (Wildman–Crippen MR) is 80.7 cm³/mol. The maximum absolute atomic E-state index is 13.2. The number of rotatable bonds is 4. The standard InChI is InChI=1S/C15H15FO3S2/c1-10(17)14-9-11(16)3-8-15(14)20-12-4-6-13(7-5-12)21(2,18)19/h3-10,17H,1-2H3/t10-/m0/s1. The molecule has 2 aromatic carbocycles. The second-order valence-electron chi connectivity index (χ2n) is 4.70. The van der Waals surface area contributed by atoms with Crippen molar-refractivity contribution in [1.29, 1.82) is 0 Å². The summed E-state index contributed by atoms with van der Waals surface area (Å²) in [5.41, 5.74) is 0.507. The summed E-state index contributed by atoms with van der Waals surface area (Å²) < 4.78 is 36.0. The Hall–Kier alpha value is -1.37. The van der Waals surface area contributed by atoms with Crippen molar-refractivity contribution in [3.05, 3.63) is 53.8 Å². The van der Waals surface area contributed by atoms with E-state index in [4.69, 9.17) is 0 Å². The normalized spacial score (nSPS) is 13.1. The maximum atomic E-state index is 13.2. The number of aliphatic hydroxyl groups excluding tert-OH is 1. The van der Waals surface area contributed by atoms with Gasteiger partial charge in [0.05, 0.1) is 11.0 Å². The minimum atomic E-state index is -3.22. The van der Waals surface area contributed by atoms with Gasteiger partial charge in [0.25, 0.3) is 0 Å². The molecule has 3 nitrogen and oxygen atoms in total. The molecule has 0 unspecified atom stereocenters. The molecule has 0 spiro atoms. The molecule has 21 heavy (non-hydrogen) atoms. The van der Waals surface area contributed by atoms with Crippen LogP contribution in [-0.4, -0.2) is 19.8 Å². The Balaban J connectivity index is 2.30. The van der Waals surface area contributed by atoms with Crippen LogP contribution in [0.5, 0.6) is 0 Å².